The minimum absolute atomic E-state index is 0.222. The van der Waals surface area contributed by atoms with E-state index in [1.165, 1.54) is 12.4 Å². The number of esters is 1. The first-order valence-electron chi connectivity index (χ1n) is 6.25. The zero-order chi connectivity index (χ0) is 14.4. The maximum absolute atomic E-state index is 12.3. The molecule has 3 aliphatic rings. The molecule has 1 aliphatic carbocycles. The fraction of sp³-hybridized carbons (Fsp3) is 0.583. The summed E-state index contributed by atoms with van der Waals surface area (Å²) in [4.78, 5) is 19.2. The average Bonchev–Trinajstić information content (AvgIpc) is 2.38. The summed E-state index contributed by atoms with van der Waals surface area (Å²) in [6.07, 6.45) is -1.23. The van der Waals surface area contributed by atoms with Crippen molar-refractivity contribution in [3.8, 4) is 0 Å². The van der Waals surface area contributed by atoms with E-state index in [0.29, 0.717) is 25.1 Å². The van der Waals surface area contributed by atoms with Gasteiger partial charge < -0.3 is 4.74 Å². The van der Waals surface area contributed by atoms with Gasteiger partial charge in [0.2, 0.25) is 0 Å². The second-order valence-corrected chi connectivity index (χ2v) is 5.06. The number of carbonyl (C=O) groups is 1. The molecule has 1 aromatic rings. The van der Waals surface area contributed by atoms with Crippen molar-refractivity contribution in [1.82, 2.24) is 15.3 Å². The predicted molar refractivity (Wildman–Crippen MR) is 60.4 cm³/mol. The number of nitrogens with one attached hydrogen (secondary N) is 1. The van der Waals surface area contributed by atoms with E-state index in [1.807, 2.05) is 0 Å². The molecule has 5 nitrogen and oxygen atoms in total. The van der Waals surface area contributed by atoms with E-state index in [0.717, 1.165) is 0 Å². The fourth-order valence-electron chi connectivity index (χ4n) is 2.91. The van der Waals surface area contributed by atoms with E-state index < -0.39 is 23.8 Å². The lowest BCUT2D eigenvalue weighted by atomic mass is 9.68. The molecule has 0 radical (unpaired) electrons. The number of aromatic nitrogens is 2. The topological polar surface area (TPSA) is 64.1 Å². The van der Waals surface area contributed by atoms with Crippen molar-refractivity contribution < 1.29 is 22.7 Å². The molecule has 2 aliphatic heterocycles. The molecule has 20 heavy (non-hydrogen) atoms. The number of hydrogen-bond acceptors (Lipinski definition) is 5. The van der Waals surface area contributed by atoms with E-state index in [-0.39, 0.29) is 6.04 Å². The monoisotopic (exact) mass is 287 g/mol. The molecule has 4 rings (SSSR count). The number of rotatable bonds is 2. The Morgan fingerprint density at radius 2 is 2.00 bits per heavy atom. The van der Waals surface area contributed by atoms with Crippen LogP contribution in [0.1, 0.15) is 25.1 Å². The molecule has 2 saturated heterocycles. The van der Waals surface area contributed by atoms with Crippen LogP contribution in [-0.2, 0) is 15.1 Å². The summed E-state index contributed by atoms with van der Waals surface area (Å²) in [7, 11) is 0. The first-order valence-corrected chi connectivity index (χ1v) is 6.25. The third kappa shape index (κ3) is 2.04. The van der Waals surface area contributed by atoms with Gasteiger partial charge >= 0.3 is 12.1 Å². The second kappa shape index (κ2) is 4.41. The Morgan fingerprint density at radius 3 is 2.60 bits per heavy atom. The lowest BCUT2D eigenvalue weighted by Crippen LogP contribution is -2.71. The van der Waals surface area contributed by atoms with Crippen LogP contribution in [0.15, 0.2) is 18.5 Å². The standard InChI is InChI=1S/C12H12F3N3O2/c13-12(14,15)10(19)20-8-3-2-7-6-11(8,18-7)9-16-4-1-5-17-9/h1,4-5,7-8,18H,2-3,6H2. The Hall–Kier alpha value is -1.70. The van der Waals surface area contributed by atoms with Gasteiger partial charge in [-0.3, -0.25) is 5.32 Å². The third-order valence-corrected chi connectivity index (χ3v) is 3.80. The molecule has 3 unspecified atom stereocenters. The maximum Gasteiger partial charge on any atom is 0.490 e. The number of fused-ring (bicyclic) bond motifs is 2. The van der Waals surface area contributed by atoms with Crippen LogP contribution in [0.2, 0.25) is 0 Å². The van der Waals surface area contributed by atoms with Crippen molar-refractivity contribution in [2.75, 3.05) is 0 Å². The quantitative estimate of drug-likeness (QED) is 0.831. The molecule has 3 heterocycles. The number of carbonyl (C=O) groups excluding carboxylic acids is 1. The van der Waals surface area contributed by atoms with Crippen molar-refractivity contribution in [2.24, 2.45) is 0 Å². The van der Waals surface area contributed by atoms with Crippen LogP contribution in [-0.4, -0.2) is 34.3 Å². The van der Waals surface area contributed by atoms with E-state index >= 15 is 0 Å². The van der Waals surface area contributed by atoms with Gasteiger partial charge in [-0.2, -0.15) is 13.2 Å². The smallest absolute Gasteiger partial charge is 0.453 e. The van der Waals surface area contributed by atoms with Crippen LogP contribution in [0.3, 0.4) is 0 Å². The zero-order valence-electron chi connectivity index (χ0n) is 10.4. The molecule has 0 spiro atoms. The Morgan fingerprint density at radius 1 is 1.35 bits per heavy atom. The fourth-order valence-corrected chi connectivity index (χ4v) is 2.91. The second-order valence-electron chi connectivity index (χ2n) is 5.06. The van der Waals surface area contributed by atoms with E-state index in [1.54, 1.807) is 6.07 Å². The SMILES string of the molecule is O=C(OC1CCC2CC1(c1ncccn1)N2)C(F)(F)F. The first kappa shape index (κ1) is 13.3. The van der Waals surface area contributed by atoms with Gasteiger partial charge in [0, 0.05) is 18.4 Å². The highest BCUT2D eigenvalue weighted by Gasteiger charge is 2.59. The van der Waals surface area contributed by atoms with Gasteiger partial charge in [-0.25, -0.2) is 14.8 Å². The van der Waals surface area contributed by atoms with Crippen LogP contribution < -0.4 is 5.32 Å². The predicted octanol–water partition coefficient (Wildman–Crippen LogP) is 1.30. The van der Waals surface area contributed by atoms with Crippen molar-refractivity contribution in [2.45, 2.75) is 43.1 Å². The maximum atomic E-state index is 12.3. The van der Waals surface area contributed by atoms with Gasteiger partial charge in [0.15, 0.2) is 5.82 Å². The number of alkyl halides is 3. The summed E-state index contributed by atoms with van der Waals surface area (Å²) < 4.78 is 41.7. The van der Waals surface area contributed by atoms with Crippen molar-refractivity contribution >= 4 is 5.97 Å². The highest BCUT2D eigenvalue weighted by molar-refractivity contribution is 5.76. The molecule has 3 atom stereocenters. The molecular formula is C12H12F3N3O2. The van der Waals surface area contributed by atoms with Crippen LogP contribution >= 0.6 is 0 Å². The zero-order valence-corrected chi connectivity index (χ0v) is 10.4. The van der Waals surface area contributed by atoms with Crippen LogP contribution in [0.25, 0.3) is 0 Å². The molecular weight excluding hydrogens is 275 g/mol. The summed E-state index contributed by atoms with van der Waals surface area (Å²) in [6.45, 7) is 0. The molecule has 0 aromatic carbocycles. The van der Waals surface area contributed by atoms with Crippen molar-refractivity contribution in [3.05, 3.63) is 24.3 Å². The van der Waals surface area contributed by atoms with E-state index in [9.17, 15) is 18.0 Å². The molecule has 8 heteroatoms. The molecule has 2 bridgehead atoms. The van der Waals surface area contributed by atoms with Crippen LogP contribution in [0, 0.1) is 0 Å². The Labute approximate surface area is 112 Å². The number of hydrogen-bond donors (Lipinski definition) is 1. The minimum atomic E-state index is -4.99. The third-order valence-electron chi connectivity index (χ3n) is 3.80. The number of piperidine rings is 1. The minimum Gasteiger partial charge on any atom is -0.453 e. The highest BCUT2D eigenvalue weighted by Crippen LogP contribution is 2.46. The largest absolute Gasteiger partial charge is 0.490 e. The average molecular weight is 287 g/mol. The molecule has 3 fully saturated rings. The van der Waals surface area contributed by atoms with Gasteiger partial charge in [0.1, 0.15) is 11.6 Å². The van der Waals surface area contributed by atoms with Gasteiger partial charge in [0.25, 0.3) is 0 Å². The summed E-state index contributed by atoms with van der Waals surface area (Å²) in [6, 6.07) is 1.84. The van der Waals surface area contributed by atoms with Crippen LogP contribution in [0.5, 0.6) is 0 Å². The molecule has 0 amide bonds. The number of ether oxygens (including phenoxy) is 1. The van der Waals surface area contributed by atoms with E-state index in [4.69, 9.17) is 0 Å². The summed E-state index contributed by atoms with van der Waals surface area (Å²) in [5.74, 6) is -1.79. The lowest BCUT2D eigenvalue weighted by Gasteiger charge is -2.55. The van der Waals surface area contributed by atoms with E-state index in [2.05, 4.69) is 20.0 Å². The summed E-state index contributed by atoms with van der Waals surface area (Å²) in [5.41, 5.74) is -0.884. The molecule has 1 aromatic heterocycles. The van der Waals surface area contributed by atoms with Crippen LogP contribution in [0.4, 0.5) is 13.2 Å². The van der Waals surface area contributed by atoms with Crippen molar-refractivity contribution in [3.63, 3.8) is 0 Å². The summed E-state index contributed by atoms with van der Waals surface area (Å²) in [5, 5.41) is 3.15. The number of halogens is 3. The normalized spacial score (nSPS) is 32.4. The van der Waals surface area contributed by atoms with Gasteiger partial charge in [-0.15, -0.1) is 0 Å². The Bertz CT molecular complexity index is 514. The molecule has 1 N–H and O–H groups in total. The Kier molecular flexibility index (Phi) is 2.93. The number of nitrogens with zero attached hydrogens (tertiary/aromatic N) is 2. The first-order chi connectivity index (χ1) is 9.42. The van der Waals surface area contributed by atoms with Gasteiger partial charge in [-0.05, 0) is 25.3 Å². The summed E-state index contributed by atoms with van der Waals surface area (Å²) >= 11 is 0. The Balaban J connectivity index is 1.84. The van der Waals surface area contributed by atoms with Crippen molar-refractivity contribution in [1.29, 1.82) is 0 Å². The highest BCUT2D eigenvalue weighted by atomic mass is 19.4. The lowest BCUT2D eigenvalue weighted by molar-refractivity contribution is -0.216. The molecule has 108 valence electrons. The van der Waals surface area contributed by atoms with Gasteiger partial charge in [0.05, 0.1) is 0 Å². The molecule has 1 saturated carbocycles. The van der Waals surface area contributed by atoms with Gasteiger partial charge in [-0.1, -0.05) is 0 Å².